The molecule has 1 aliphatic rings. The first kappa shape index (κ1) is 21.5. The molecule has 1 heterocycles. The van der Waals surface area contributed by atoms with Crippen molar-refractivity contribution in [2.75, 3.05) is 31.5 Å². The van der Waals surface area contributed by atoms with Crippen molar-refractivity contribution in [2.24, 2.45) is 0 Å². The number of ether oxygens (including phenoxy) is 1. The quantitative estimate of drug-likeness (QED) is 0.806. The van der Waals surface area contributed by atoms with Crippen LogP contribution in [0.3, 0.4) is 0 Å². The summed E-state index contributed by atoms with van der Waals surface area (Å²) >= 11 is 5.87. The van der Waals surface area contributed by atoms with Crippen LogP contribution in [-0.4, -0.2) is 54.0 Å². The number of anilines is 1. The van der Waals surface area contributed by atoms with Gasteiger partial charge in [0.15, 0.2) is 6.10 Å². The molecule has 0 saturated carbocycles. The molecule has 1 atom stereocenters. The third-order valence-electron chi connectivity index (χ3n) is 4.81. The van der Waals surface area contributed by atoms with Gasteiger partial charge in [-0.15, -0.1) is 0 Å². The lowest BCUT2D eigenvalue weighted by Gasteiger charge is -2.25. The molecule has 0 aromatic heterocycles. The molecule has 0 aliphatic carbocycles. The standard InChI is InChI=1S/C22H23ClN4O3/c1-16(30-20-5-2-4-17(14-20)15-24)21(28)26-10-3-11-27(13-12-26)22(29)25-19-8-6-18(23)7-9-19/h2,4-9,14,16H,3,10-13H2,1H3,(H,25,29). The lowest BCUT2D eigenvalue weighted by atomic mass is 10.2. The summed E-state index contributed by atoms with van der Waals surface area (Å²) < 4.78 is 5.73. The zero-order valence-electron chi connectivity index (χ0n) is 16.7. The summed E-state index contributed by atoms with van der Waals surface area (Å²) in [5.74, 6) is 0.339. The molecular formula is C22H23ClN4O3. The number of halogens is 1. The molecule has 1 saturated heterocycles. The number of hydrogen-bond donors (Lipinski definition) is 1. The van der Waals surface area contributed by atoms with E-state index < -0.39 is 6.10 Å². The number of benzene rings is 2. The molecular weight excluding hydrogens is 404 g/mol. The van der Waals surface area contributed by atoms with Gasteiger partial charge in [0.05, 0.1) is 11.6 Å². The minimum absolute atomic E-state index is 0.141. The Kier molecular flexibility index (Phi) is 7.15. The van der Waals surface area contributed by atoms with E-state index in [-0.39, 0.29) is 11.9 Å². The second-order valence-corrected chi connectivity index (χ2v) is 7.44. The van der Waals surface area contributed by atoms with Crippen molar-refractivity contribution in [1.29, 1.82) is 5.26 Å². The summed E-state index contributed by atoms with van der Waals surface area (Å²) in [7, 11) is 0. The smallest absolute Gasteiger partial charge is 0.321 e. The third-order valence-corrected chi connectivity index (χ3v) is 5.07. The lowest BCUT2D eigenvalue weighted by molar-refractivity contribution is -0.137. The van der Waals surface area contributed by atoms with Crippen LogP contribution in [0.15, 0.2) is 48.5 Å². The maximum absolute atomic E-state index is 12.8. The molecule has 1 aliphatic heterocycles. The van der Waals surface area contributed by atoms with Crippen LogP contribution in [0.4, 0.5) is 10.5 Å². The van der Waals surface area contributed by atoms with E-state index in [4.69, 9.17) is 21.6 Å². The molecule has 3 rings (SSSR count). The molecule has 0 spiro atoms. The van der Waals surface area contributed by atoms with Crippen LogP contribution in [0.25, 0.3) is 0 Å². The van der Waals surface area contributed by atoms with Gasteiger partial charge in [-0.25, -0.2) is 4.79 Å². The van der Waals surface area contributed by atoms with E-state index in [1.165, 1.54) is 0 Å². The SMILES string of the molecule is CC(Oc1cccc(C#N)c1)C(=O)N1CCCN(C(=O)Nc2ccc(Cl)cc2)CC1. The van der Waals surface area contributed by atoms with Gasteiger partial charge in [0, 0.05) is 36.9 Å². The number of rotatable bonds is 4. The summed E-state index contributed by atoms with van der Waals surface area (Å²) in [6.45, 7) is 3.66. The molecule has 1 N–H and O–H groups in total. The van der Waals surface area contributed by atoms with Crippen LogP contribution >= 0.6 is 11.6 Å². The van der Waals surface area contributed by atoms with Crippen molar-refractivity contribution in [2.45, 2.75) is 19.4 Å². The fourth-order valence-electron chi connectivity index (χ4n) is 3.23. The van der Waals surface area contributed by atoms with E-state index in [1.807, 2.05) is 0 Å². The van der Waals surface area contributed by atoms with E-state index in [0.29, 0.717) is 54.6 Å². The van der Waals surface area contributed by atoms with E-state index in [1.54, 1.807) is 65.3 Å². The van der Waals surface area contributed by atoms with Crippen LogP contribution in [-0.2, 0) is 4.79 Å². The Bertz CT molecular complexity index is 942. The molecule has 8 heteroatoms. The van der Waals surface area contributed by atoms with Gasteiger partial charge < -0.3 is 19.9 Å². The molecule has 2 aromatic rings. The number of nitrogens with one attached hydrogen (secondary N) is 1. The lowest BCUT2D eigenvalue weighted by Crippen LogP contribution is -2.43. The van der Waals surface area contributed by atoms with Crippen LogP contribution < -0.4 is 10.1 Å². The zero-order valence-corrected chi connectivity index (χ0v) is 17.4. The Hall–Kier alpha value is -3.24. The number of carbonyl (C=O) groups excluding carboxylic acids is 2. The van der Waals surface area contributed by atoms with Gasteiger partial charge in [0.2, 0.25) is 0 Å². The molecule has 1 unspecified atom stereocenters. The van der Waals surface area contributed by atoms with Gasteiger partial charge in [-0.1, -0.05) is 17.7 Å². The first-order valence-corrected chi connectivity index (χ1v) is 10.1. The first-order valence-electron chi connectivity index (χ1n) is 9.73. The number of nitrogens with zero attached hydrogens (tertiary/aromatic N) is 3. The Balaban J connectivity index is 1.54. The fraction of sp³-hybridized carbons (Fsp3) is 0.318. The first-order chi connectivity index (χ1) is 14.5. The zero-order chi connectivity index (χ0) is 21.5. The Morgan fingerprint density at radius 2 is 1.80 bits per heavy atom. The minimum Gasteiger partial charge on any atom is -0.481 e. The van der Waals surface area contributed by atoms with Gasteiger partial charge in [-0.2, -0.15) is 5.26 Å². The fourth-order valence-corrected chi connectivity index (χ4v) is 3.35. The minimum atomic E-state index is -0.687. The molecule has 0 radical (unpaired) electrons. The Labute approximate surface area is 180 Å². The monoisotopic (exact) mass is 426 g/mol. The highest BCUT2D eigenvalue weighted by Gasteiger charge is 2.26. The van der Waals surface area contributed by atoms with Gasteiger partial charge in [-0.05, 0) is 55.8 Å². The van der Waals surface area contributed by atoms with E-state index in [2.05, 4.69) is 11.4 Å². The van der Waals surface area contributed by atoms with E-state index in [9.17, 15) is 9.59 Å². The van der Waals surface area contributed by atoms with Crippen LogP contribution in [0.1, 0.15) is 18.9 Å². The molecule has 0 bridgehead atoms. The van der Waals surface area contributed by atoms with E-state index in [0.717, 1.165) is 0 Å². The number of amides is 3. The summed E-state index contributed by atoms with van der Waals surface area (Å²) in [5, 5.41) is 12.4. The molecule has 7 nitrogen and oxygen atoms in total. The second-order valence-electron chi connectivity index (χ2n) is 7.00. The number of hydrogen-bond acceptors (Lipinski definition) is 4. The van der Waals surface area contributed by atoms with Crippen LogP contribution in [0, 0.1) is 11.3 Å². The topological polar surface area (TPSA) is 85.7 Å². The second kappa shape index (κ2) is 9.99. The van der Waals surface area contributed by atoms with Gasteiger partial charge in [-0.3, -0.25) is 4.79 Å². The Morgan fingerprint density at radius 3 is 2.53 bits per heavy atom. The van der Waals surface area contributed by atoms with Gasteiger partial charge in [0.1, 0.15) is 5.75 Å². The number of nitriles is 1. The van der Waals surface area contributed by atoms with Crippen molar-refractivity contribution in [3.05, 3.63) is 59.1 Å². The average Bonchev–Trinajstić information content (AvgIpc) is 3.01. The van der Waals surface area contributed by atoms with Crippen molar-refractivity contribution in [3.63, 3.8) is 0 Å². The van der Waals surface area contributed by atoms with Crippen LogP contribution in [0.2, 0.25) is 5.02 Å². The molecule has 2 aromatic carbocycles. The largest absolute Gasteiger partial charge is 0.481 e. The van der Waals surface area contributed by atoms with Gasteiger partial charge in [0.25, 0.3) is 5.91 Å². The predicted molar refractivity (Wildman–Crippen MR) is 114 cm³/mol. The van der Waals surface area contributed by atoms with Crippen molar-refractivity contribution < 1.29 is 14.3 Å². The maximum Gasteiger partial charge on any atom is 0.321 e. The molecule has 30 heavy (non-hydrogen) atoms. The van der Waals surface area contributed by atoms with Crippen molar-refractivity contribution >= 4 is 29.2 Å². The van der Waals surface area contributed by atoms with Gasteiger partial charge >= 0.3 is 6.03 Å². The highest BCUT2D eigenvalue weighted by molar-refractivity contribution is 6.30. The van der Waals surface area contributed by atoms with Crippen LogP contribution in [0.5, 0.6) is 5.75 Å². The summed E-state index contributed by atoms with van der Waals surface area (Å²) in [6, 6.07) is 15.5. The highest BCUT2D eigenvalue weighted by atomic mass is 35.5. The molecule has 3 amide bonds. The average molecular weight is 427 g/mol. The van der Waals surface area contributed by atoms with Crippen molar-refractivity contribution in [3.8, 4) is 11.8 Å². The number of carbonyl (C=O) groups is 2. The number of urea groups is 1. The van der Waals surface area contributed by atoms with Crippen molar-refractivity contribution in [1.82, 2.24) is 9.80 Å². The maximum atomic E-state index is 12.8. The summed E-state index contributed by atoms with van der Waals surface area (Å²) in [5.41, 5.74) is 1.15. The highest BCUT2D eigenvalue weighted by Crippen LogP contribution is 2.17. The predicted octanol–water partition coefficient (Wildman–Crippen LogP) is 3.75. The normalized spacial score (nSPS) is 15.0. The summed E-state index contributed by atoms with van der Waals surface area (Å²) in [6.07, 6.45) is -0.00968. The van der Waals surface area contributed by atoms with E-state index >= 15 is 0 Å². The molecule has 156 valence electrons. The third kappa shape index (κ3) is 5.65. The molecule has 1 fully saturated rings. The Morgan fingerprint density at radius 1 is 1.10 bits per heavy atom. The summed E-state index contributed by atoms with van der Waals surface area (Å²) in [4.78, 5) is 28.8.